The van der Waals surface area contributed by atoms with Gasteiger partial charge in [-0.15, -0.1) is 0 Å². The van der Waals surface area contributed by atoms with Gasteiger partial charge in [0.05, 0.1) is 25.0 Å². The molecule has 2 aromatic rings. The summed E-state index contributed by atoms with van der Waals surface area (Å²) in [7, 11) is 3.23. The summed E-state index contributed by atoms with van der Waals surface area (Å²) >= 11 is 0. The number of ether oxygens (including phenoxy) is 3. The monoisotopic (exact) mass is 341 g/mol. The fourth-order valence-electron chi connectivity index (χ4n) is 3.28. The van der Waals surface area contributed by atoms with E-state index in [1.54, 1.807) is 20.4 Å². The maximum atomic E-state index is 9.48. The van der Waals surface area contributed by atoms with Crippen LogP contribution in [0.2, 0.25) is 0 Å². The Morgan fingerprint density at radius 1 is 1.24 bits per heavy atom. The van der Waals surface area contributed by atoms with Crippen molar-refractivity contribution in [1.29, 1.82) is 5.26 Å². The van der Waals surface area contributed by atoms with Gasteiger partial charge in [0.1, 0.15) is 18.2 Å². The fraction of sp³-hybridized carbons (Fsp3) is 0.474. The molecule has 6 heteroatoms. The van der Waals surface area contributed by atoms with Crippen molar-refractivity contribution in [3.8, 4) is 17.6 Å². The lowest BCUT2D eigenvalue weighted by atomic mass is 10.1. The molecular weight excluding hydrogens is 318 g/mol. The molecule has 1 aromatic carbocycles. The second-order valence-electron chi connectivity index (χ2n) is 6.12. The van der Waals surface area contributed by atoms with E-state index in [1.165, 1.54) is 12.8 Å². The molecule has 0 saturated heterocycles. The molecule has 0 atom stereocenters. The van der Waals surface area contributed by atoms with Crippen molar-refractivity contribution >= 4 is 16.6 Å². The zero-order chi connectivity index (χ0) is 17.6. The largest absolute Gasteiger partial charge is 0.491 e. The van der Waals surface area contributed by atoms with Crippen LogP contribution in [0.4, 0.5) is 5.69 Å². The summed E-state index contributed by atoms with van der Waals surface area (Å²) in [6.07, 6.45) is 6.31. The van der Waals surface area contributed by atoms with E-state index in [4.69, 9.17) is 14.2 Å². The first-order chi connectivity index (χ1) is 12.3. The SMILES string of the molecule is COCCOc1ccc2c(NC3CCCC3)c(C#N)cnc2c1OC. The molecule has 0 bridgehead atoms. The normalized spacial score (nSPS) is 14.4. The minimum Gasteiger partial charge on any atom is -0.491 e. The number of nitrogens with zero attached hydrogens (tertiary/aromatic N) is 2. The quantitative estimate of drug-likeness (QED) is 0.777. The van der Waals surface area contributed by atoms with Crippen molar-refractivity contribution in [3.05, 3.63) is 23.9 Å². The molecule has 1 aliphatic carbocycles. The Morgan fingerprint density at radius 2 is 2.04 bits per heavy atom. The Bertz CT molecular complexity index is 780. The van der Waals surface area contributed by atoms with E-state index in [1.807, 2.05) is 12.1 Å². The van der Waals surface area contributed by atoms with Crippen LogP contribution in [-0.4, -0.2) is 38.5 Å². The second kappa shape index (κ2) is 8.04. The molecule has 0 spiro atoms. The number of aromatic nitrogens is 1. The number of hydrogen-bond acceptors (Lipinski definition) is 6. The molecule has 1 saturated carbocycles. The van der Waals surface area contributed by atoms with Crippen LogP contribution >= 0.6 is 0 Å². The summed E-state index contributed by atoms with van der Waals surface area (Å²) in [5, 5.41) is 13.9. The highest BCUT2D eigenvalue weighted by molar-refractivity contribution is 5.98. The van der Waals surface area contributed by atoms with Gasteiger partial charge in [-0.05, 0) is 25.0 Å². The van der Waals surface area contributed by atoms with Gasteiger partial charge in [-0.2, -0.15) is 5.26 Å². The molecule has 1 N–H and O–H groups in total. The van der Waals surface area contributed by atoms with Crippen LogP contribution in [0.3, 0.4) is 0 Å². The molecule has 0 radical (unpaired) electrons. The lowest BCUT2D eigenvalue weighted by Gasteiger charge is -2.18. The zero-order valence-electron chi connectivity index (χ0n) is 14.7. The van der Waals surface area contributed by atoms with Crippen LogP contribution in [-0.2, 0) is 4.74 Å². The van der Waals surface area contributed by atoms with E-state index in [9.17, 15) is 5.26 Å². The molecule has 1 fully saturated rings. The maximum absolute atomic E-state index is 9.48. The second-order valence-corrected chi connectivity index (χ2v) is 6.12. The van der Waals surface area contributed by atoms with Crippen molar-refractivity contribution in [2.24, 2.45) is 0 Å². The van der Waals surface area contributed by atoms with Crippen molar-refractivity contribution < 1.29 is 14.2 Å². The average Bonchev–Trinajstić information content (AvgIpc) is 3.15. The van der Waals surface area contributed by atoms with E-state index >= 15 is 0 Å². The molecule has 0 amide bonds. The summed E-state index contributed by atoms with van der Waals surface area (Å²) in [6.45, 7) is 0.929. The fourth-order valence-corrected chi connectivity index (χ4v) is 3.28. The standard InChI is InChI=1S/C19H23N3O3/c1-23-9-10-25-16-8-7-15-17(22-14-5-3-4-6-14)13(11-20)12-21-18(15)19(16)24-2/h7-8,12,14H,3-6,9-10H2,1-2H3,(H,21,22). The van der Waals surface area contributed by atoms with Crippen molar-refractivity contribution in [2.75, 3.05) is 32.8 Å². The summed E-state index contributed by atoms with van der Waals surface area (Å²) in [4.78, 5) is 4.45. The van der Waals surface area contributed by atoms with Crippen LogP contribution in [0.5, 0.6) is 11.5 Å². The Morgan fingerprint density at radius 3 is 2.72 bits per heavy atom. The number of methoxy groups -OCH3 is 2. The van der Waals surface area contributed by atoms with Crippen LogP contribution in [0, 0.1) is 11.3 Å². The number of pyridine rings is 1. The van der Waals surface area contributed by atoms with Gasteiger partial charge >= 0.3 is 0 Å². The van der Waals surface area contributed by atoms with E-state index in [2.05, 4.69) is 16.4 Å². The van der Waals surface area contributed by atoms with Crippen LogP contribution in [0.1, 0.15) is 31.2 Å². The molecule has 25 heavy (non-hydrogen) atoms. The van der Waals surface area contributed by atoms with Gasteiger partial charge < -0.3 is 19.5 Å². The number of anilines is 1. The lowest BCUT2D eigenvalue weighted by Crippen LogP contribution is -2.16. The van der Waals surface area contributed by atoms with Crippen molar-refractivity contribution in [2.45, 2.75) is 31.7 Å². The third kappa shape index (κ3) is 3.62. The minimum absolute atomic E-state index is 0.404. The first-order valence-corrected chi connectivity index (χ1v) is 8.56. The summed E-state index contributed by atoms with van der Waals surface area (Å²) in [5.41, 5.74) is 2.08. The Hall–Kier alpha value is -2.52. The molecule has 0 unspecified atom stereocenters. The molecule has 1 aromatic heterocycles. The van der Waals surface area contributed by atoms with Crippen LogP contribution in [0.25, 0.3) is 10.9 Å². The van der Waals surface area contributed by atoms with Crippen LogP contribution in [0.15, 0.2) is 18.3 Å². The summed E-state index contributed by atoms with van der Waals surface area (Å²) in [5.74, 6) is 1.20. The van der Waals surface area contributed by atoms with Gasteiger partial charge in [0.15, 0.2) is 11.5 Å². The number of rotatable bonds is 7. The smallest absolute Gasteiger partial charge is 0.187 e. The van der Waals surface area contributed by atoms with E-state index in [0.717, 1.165) is 23.9 Å². The van der Waals surface area contributed by atoms with Crippen LogP contribution < -0.4 is 14.8 Å². The Kier molecular flexibility index (Phi) is 5.56. The van der Waals surface area contributed by atoms with Gasteiger partial charge in [0, 0.05) is 24.7 Å². The van der Waals surface area contributed by atoms with Gasteiger partial charge in [0.2, 0.25) is 0 Å². The van der Waals surface area contributed by atoms with Gasteiger partial charge in [-0.25, -0.2) is 0 Å². The van der Waals surface area contributed by atoms with Crippen molar-refractivity contribution in [3.63, 3.8) is 0 Å². The number of nitriles is 1. The Balaban J connectivity index is 2.03. The van der Waals surface area contributed by atoms with Crippen molar-refractivity contribution in [1.82, 2.24) is 4.98 Å². The predicted molar refractivity (Wildman–Crippen MR) is 96.3 cm³/mol. The molecule has 132 valence electrons. The van der Waals surface area contributed by atoms with E-state index in [-0.39, 0.29) is 0 Å². The van der Waals surface area contributed by atoms with E-state index < -0.39 is 0 Å². The number of fused-ring (bicyclic) bond motifs is 1. The highest BCUT2D eigenvalue weighted by Gasteiger charge is 2.20. The third-order valence-electron chi connectivity index (χ3n) is 4.53. The lowest BCUT2D eigenvalue weighted by molar-refractivity contribution is 0.144. The molecular formula is C19H23N3O3. The minimum atomic E-state index is 0.404. The van der Waals surface area contributed by atoms with Gasteiger partial charge in [-0.1, -0.05) is 12.8 Å². The molecule has 0 aliphatic heterocycles. The molecule has 1 aliphatic rings. The van der Waals surface area contributed by atoms with Gasteiger partial charge in [-0.3, -0.25) is 4.98 Å². The average molecular weight is 341 g/mol. The third-order valence-corrected chi connectivity index (χ3v) is 4.53. The first-order valence-electron chi connectivity index (χ1n) is 8.56. The van der Waals surface area contributed by atoms with Gasteiger partial charge in [0.25, 0.3) is 0 Å². The number of nitrogens with one attached hydrogen (secondary N) is 1. The molecule has 1 heterocycles. The predicted octanol–water partition coefficient (Wildman–Crippen LogP) is 3.49. The molecule has 6 nitrogen and oxygen atoms in total. The first kappa shape index (κ1) is 17.3. The number of benzene rings is 1. The topological polar surface area (TPSA) is 76.4 Å². The molecule has 3 rings (SSSR count). The highest BCUT2D eigenvalue weighted by atomic mass is 16.5. The highest BCUT2D eigenvalue weighted by Crippen LogP contribution is 2.39. The summed E-state index contributed by atoms with van der Waals surface area (Å²) in [6, 6.07) is 6.44. The maximum Gasteiger partial charge on any atom is 0.187 e. The number of hydrogen-bond donors (Lipinski definition) is 1. The zero-order valence-corrected chi connectivity index (χ0v) is 14.7. The summed E-state index contributed by atoms with van der Waals surface area (Å²) < 4.78 is 16.3. The Labute approximate surface area is 147 Å². The van der Waals surface area contributed by atoms with E-state index in [0.29, 0.717) is 41.8 Å².